The van der Waals surface area contributed by atoms with Crippen molar-refractivity contribution >= 4 is 36.6 Å². The van der Waals surface area contributed by atoms with Gasteiger partial charge in [0.15, 0.2) is 26.5 Å². The Hall–Kier alpha value is -4.30. The lowest BCUT2D eigenvalue weighted by Crippen LogP contribution is -2.31. The minimum absolute atomic E-state index is 0.246. The van der Waals surface area contributed by atoms with Crippen molar-refractivity contribution in [2.24, 2.45) is 0 Å². The zero-order valence-electron chi connectivity index (χ0n) is 23.0. The zero-order chi connectivity index (χ0) is 29.5. The fourth-order valence-corrected chi connectivity index (χ4v) is 8.26. The first-order valence-electron chi connectivity index (χ1n) is 13.6. The maximum Gasteiger partial charge on any atom is 0.573 e. The number of carbonyl (C=O) groups is 1. The van der Waals surface area contributed by atoms with Gasteiger partial charge in [0.2, 0.25) is 0 Å². The predicted molar refractivity (Wildman–Crippen MR) is 160 cm³/mol. The van der Waals surface area contributed by atoms with Crippen LogP contribution in [0.5, 0.6) is 11.5 Å². The molecule has 0 fully saturated rings. The van der Waals surface area contributed by atoms with Crippen molar-refractivity contribution in [3.63, 3.8) is 0 Å². The van der Waals surface area contributed by atoms with E-state index in [1.807, 2.05) is 19.9 Å². The quantitative estimate of drug-likeness (QED) is 0.108. The van der Waals surface area contributed by atoms with Gasteiger partial charge in [0.25, 0.3) is 0 Å². The van der Waals surface area contributed by atoms with E-state index < -0.39 is 17.9 Å². The Labute approximate surface area is 243 Å². The molecule has 1 aromatic heterocycles. The van der Waals surface area contributed by atoms with Gasteiger partial charge in [-0.1, -0.05) is 42.5 Å². The zero-order valence-corrected chi connectivity index (χ0v) is 23.9. The number of benzene rings is 4. The number of fused-ring (bicyclic) bond motifs is 3. The highest BCUT2D eigenvalue weighted by Gasteiger charge is 2.37. The van der Waals surface area contributed by atoms with Crippen LogP contribution in [0.4, 0.5) is 13.2 Å². The summed E-state index contributed by atoms with van der Waals surface area (Å²) < 4.78 is 56.2. The molecule has 5 aromatic rings. The van der Waals surface area contributed by atoms with E-state index in [9.17, 15) is 18.0 Å². The van der Waals surface area contributed by atoms with E-state index in [1.165, 1.54) is 49.3 Å². The van der Waals surface area contributed by atoms with Gasteiger partial charge in [0, 0.05) is 33.4 Å². The lowest BCUT2D eigenvalue weighted by atomic mass is 9.93. The summed E-state index contributed by atoms with van der Waals surface area (Å²) in [6, 6.07) is 26.7. The smallest absolute Gasteiger partial charge is 0.481 e. The van der Waals surface area contributed by atoms with Gasteiger partial charge in [0.1, 0.15) is 11.5 Å². The number of ether oxygens (including phenoxy) is 3. The molecule has 1 aliphatic carbocycles. The number of hydrogen-bond donors (Lipinski definition) is 0. The monoisotopic (exact) mass is 589 g/mol. The molecule has 0 saturated heterocycles. The lowest BCUT2D eigenvalue weighted by molar-refractivity contribution is -0.274. The summed E-state index contributed by atoms with van der Waals surface area (Å²) in [6.07, 6.45) is 0.0334. The highest BCUT2D eigenvalue weighted by molar-refractivity contribution is 7.50. The first-order chi connectivity index (χ1) is 20.1. The Balaban J connectivity index is 1.21. The Morgan fingerprint density at radius 2 is 1.48 bits per heavy atom. The van der Waals surface area contributed by atoms with Crippen molar-refractivity contribution in [1.82, 2.24) is 0 Å². The van der Waals surface area contributed by atoms with E-state index in [1.54, 1.807) is 6.08 Å². The first-order valence-corrected chi connectivity index (χ1v) is 14.8. The predicted octanol–water partition coefficient (Wildman–Crippen LogP) is 9.41. The lowest BCUT2D eigenvalue weighted by Gasteiger charge is -2.28. The largest absolute Gasteiger partial charge is 0.573 e. The number of aryl methyl sites for hydroxylation is 2. The molecule has 8 heteroatoms. The fraction of sp³-hybridized carbons (Fsp3) is 0.206. The van der Waals surface area contributed by atoms with E-state index in [4.69, 9.17) is 9.47 Å². The van der Waals surface area contributed by atoms with E-state index in [0.717, 1.165) is 11.1 Å². The number of allylic oxidation sites excluding steroid dienone is 1. The molecule has 0 spiro atoms. The fourth-order valence-electron chi connectivity index (χ4n) is 5.70. The van der Waals surface area contributed by atoms with E-state index in [2.05, 4.69) is 65.4 Å². The molecule has 4 nitrogen and oxygen atoms in total. The van der Waals surface area contributed by atoms with Gasteiger partial charge in [-0.15, -0.1) is 13.2 Å². The molecule has 1 heterocycles. The number of hydrogen-bond acceptors (Lipinski definition) is 4. The molecule has 4 aromatic carbocycles. The standard InChI is InChI=1S/C34H28F3O4S/c1-22-19-26(42-29-11-5-3-9-27(29)28-10-4-6-12-30(28)42)20-23(2)32(22)39-21-31(38)41-33(17-7-8-18-33)24-13-15-25(16-14-24)40-34(35,36)37/h3-7,9-17,19-20H,8,18,21H2,1-2H3/q+1. The Morgan fingerprint density at radius 1 is 0.881 bits per heavy atom. The molecular weight excluding hydrogens is 561 g/mol. The van der Waals surface area contributed by atoms with Gasteiger partial charge in [-0.25, -0.2) is 4.79 Å². The number of thiophene rings is 1. The summed E-state index contributed by atoms with van der Waals surface area (Å²) >= 11 is 0. The molecule has 0 aliphatic heterocycles. The second-order valence-corrected chi connectivity index (χ2v) is 12.3. The van der Waals surface area contributed by atoms with Crippen LogP contribution < -0.4 is 9.47 Å². The highest BCUT2D eigenvalue weighted by atomic mass is 32.2. The summed E-state index contributed by atoms with van der Waals surface area (Å²) in [6.45, 7) is 3.64. The van der Waals surface area contributed by atoms with Crippen LogP contribution in [0.1, 0.15) is 29.5 Å². The van der Waals surface area contributed by atoms with Crippen molar-refractivity contribution in [2.45, 2.75) is 38.7 Å². The molecule has 1 atom stereocenters. The molecule has 1 aliphatic rings. The molecule has 0 radical (unpaired) electrons. The normalized spacial score (nSPS) is 16.7. The van der Waals surface area contributed by atoms with Crippen LogP contribution in [0.2, 0.25) is 0 Å². The van der Waals surface area contributed by atoms with E-state index in [0.29, 0.717) is 24.2 Å². The van der Waals surface area contributed by atoms with Gasteiger partial charge >= 0.3 is 12.3 Å². The van der Waals surface area contributed by atoms with Crippen LogP contribution in [0.25, 0.3) is 25.1 Å². The van der Waals surface area contributed by atoms with Crippen LogP contribution in [-0.4, -0.2) is 18.9 Å². The van der Waals surface area contributed by atoms with Crippen LogP contribution >= 0.6 is 10.5 Å². The van der Waals surface area contributed by atoms with Crippen LogP contribution in [0.3, 0.4) is 0 Å². The summed E-state index contributed by atoms with van der Waals surface area (Å²) in [5, 5.41) is 2.51. The van der Waals surface area contributed by atoms with Gasteiger partial charge in [0.05, 0.1) is 0 Å². The van der Waals surface area contributed by atoms with Crippen LogP contribution in [0.15, 0.2) is 97.1 Å². The molecular formula is C34H28F3O4S+. The minimum Gasteiger partial charge on any atom is -0.481 e. The average molecular weight is 590 g/mol. The maximum absolute atomic E-state index is 13.0. The molecule has 42 heavy (non-hydrogen) atoms. The van der Waals surface area contributed by atoms with Crippen molar-refractivity contribution in [1.29, 1.82) is 0 Å². The van der Waals surface area contributed by atoms with Crippen molar-refractivity contribution in [2.75, 3.05) is 6.61 Å². The summed E-state index contributed by atoms with van der Waals surface area (Å²) in [5.74, 6) is -0.275. The Kier molecular flexibility index (Phi) is 7.19. The van der Waals surface area contributed by atoms with Crippen molar-refractivity contribution < 1.29 is 32.2 Å². The van der Waals surface area contributed by atoms with Crippen LogP contribution in [0, 0.1) is 13.8 Å². The third-order valence-corrected chi connectivity index (χ3v) is 9.75. The third kappa shape index (κ3) is 5.34. The Morgan fingerprint density at radius 3 is 2.02 bits per heavy atom. The number of halogens is 3. The molecule has 214 valence electrons. The van der Waals surface area contributed by atoms with E-state index >= 15 is 0 Å². The second kappa shape index (κ2) is 10.8. The average Bonchev–Trinajstić information content (AvgIpc) is 3.55. The molecule has 0 N–H and O–H groups in total. The van der Waals surface area contributed by atoms with E-state index in [-0.39, 0.29) is 22.8 Å². The van der Waals surface area contributed by atoms with Gasteiger partial charge in [-0.05, 0) is 85.9 Å². The number of carbonyl (C=O) groups excluding carboxylic acids is 1. The SMILES string of the molecule is Cc1cc(-[s+]2c3ccccc3c3ccccc32)cc(C)c1OCC(=O)OC1(c2ccc(OC(F)(F)F)cc2)C=CCC1. The first kappa shape index (κ1) is 27.8. The van der Waals surface area contributed by atoms with Gasteiger partial charge in [-0.3, -0.25) is 0 Å². The third-order valence-electron chi connectivity index (χ3n) is 7.45. The van der Waals surface area contributed by atoms with Gasteiger partial charge in [-0.2, -0.15) is 0 Å². The molecule has 6 rings (SSSR count). The number of esters is 1. The van der Waals surface area contributed by atoms with Crippen LogP contribution in [-0.2, 0) is 15.1 Å². The number of rotatable bonds is 7. The molecule has 0 saturated carbocycles. The highest BCUT2D eigenvalue weighted by Crippen LogP contribution is 2.49. The topological polar surface area (TPSA) is 44.8 Å². The second-order valence-electron chi connectivity index (χ2n) is 10.4. The Bertz CT molecular complexity index is 1740. The summed E-state index contributed by atoms with van der Waals surface area (Å²) in [5.41, 5.74) is 1.33. The minimum atomic E-state index is -4.78. The summed E-state index contributed by atoms with van der Waals surface area (Å²) in [4.78, 5) is 14.2. The van der Waals surface area contributed by atoms with Crippen molar-refractivity contribution in [3.05, 3.63) is 114 Å². The molecule has 0 bridgehead atoms. The summed E-state index contributed by atoms with van der Waals surface area (Å²) in [7, 11) is -0.246. The molecule has 1 unspecified atom stereocenters. The maximum atomic E-state index is 13.0. The number of alkyl halides is 3. The van der Waals surface area contributed by atoms with Gasteiger partial charge < -0.3 is 14.2 Å². The van der Waals surface area contributed by atoms with Crippen molar-refractivity contribution in [3.8, 4) is 16.4 Å². The molecule has 0 amide bonds.